The van der Waals surface area contributed by atoms with Crippen LogP contribution in [0.15, 0.2) is 30.5 Å². The van der Waals surface area contributed by atoms with E-state index in [1.165, 1.54) is 0 Å². The fraction of sp³-hybridized carbons (Fsp3) is 0.550. The molecule has 0 N–H and O–H groups in total. The standard InChI is InChI=1S/C20H25N3O3/c1-20(2,3)26-19(24)23-13-8-9-14(23)11-15(10-13)25-18-12-21-16-6-4-5-7-17(16)22-18/h4-7,12-15H,8-11H2,1-3H3. The summed E-state index contributed by atoms with van der Waals surface area (Å²) in [6.07, 6.45) is 5.18. The van der Waals surface area contributed by atoms with Crippen LogP contribution in [0, 0.1) is 0 Å². The third kappa shape index (κ3) is 3.45. The number of carbonyl (C=O) groups is 1. The number of amides is 1. The van der Waals surface area contributed by atoms with E-state index in [1.807, 2.05) is 49.9 Å². The van der Waals surface area contributed by atoms with Crippen LogP contribution in [0.2, 0.25) is 0 Å². The third-order valence-corrected chi connectivity index (χ3v) is 5.01. The van der Waals surface area contributed by atoms with E-state index in [0.717, 1.165) is 36.7 Å². The topological polar surface area (TPSA) is 64.5 Å². The van der Waals surface area contributed by atoms with Gasteiger partial charge in [0, 0.05) is 24.9 Å². The van der Waals surface area contributed by atoms with E-state index in [4.69, 9.17) is 9.47 Å². The van der Waals surface area contributed by atoms with E-state index >= 15 is 0 Å². The van der Waals surface area contributed by atoms with Crippen molar-refractivity contribution >= 4 is 17.1 Å². The average Bonchev–Trinajstić information content (AvgIpc) is 2.85. The van der Waals surface area contributed by atoms with Gasteiger partial charge in [0.15, 0.2) is 0 Å². The maximum atomic E-state index is 12.5. The molecule has 2 aliphatic rings. The Hall–Kier alpha value is -2.37. The normalized spacial score (nSPS) is 25.3. The maximum Gasteiger partial charge on any atom is 0.410 e. The first kappa shape index (κ1) is 17.1. The van der Waals surface area contributed by atoms with Gasteiger partial charge in [0.25, 0.3) is 0 Å². The van der Waals surface area contributed by atoms with Gasteiger partial charge in [-0.3, -0.25) is 0 Å². The van der Waals surface area contributed by atoms with Crippen molar-refractivity contribution in [1.29, 1.82) is 0 Å². The summed E-state index contributed by atoms with van der Waals surface area (Å²) < 4.78 is 11.7. The monoisotopic (exact) mass is 355 g/mol. The Morgan fingerprint density at radius 3 is 2.42 bits per heavy atom. The van der Waals surface area contributed by atoms with Crippen LogP contribution in [0.5, 0.6) is 5.88 Å². The van der Waals surface area contributed by atoms with Gasteiger partial charge >= 0.3 is 6.09 Å². The number of hydrogen-bond donors (Lipinski definition) is 0. The van der Waals surface area contributed by atoms with Crippen molar-refractivity contribution in [3.05, 3.63) is 30.5 Å². The number of nitrogens with zero attached hydrogens (tertiary/aromatic N) is 3. The van der Waals surface area contributed by atoms with Crippen molar-refractivity contribution in [2.75, 3.05) is 0 Å². The summed E-state index contributed by atoms with van der Waals surface area (Å²) in [5, 5.41) is 0. The zero-order valence-corrected chi connectivity index (χ0v) is 15.5. The van der Waals surface area contributed by atoms with Crippen LogP contribution >= 0.6 is 0 Å². The summed E-state index contributed by atoms with van der Waals surface area (Å²) in [5.41, 5.74) is 1.23. The highest BCUT2D eigenvalue weighted by molar-refractivity contribution is 5.74. The number of hydrogen-bond acceptors (Lipinski definition) is 5. The van der Waals surface area contributed by atoms with E-state index in [0.29, 0.717) is 5.88 Å². The van der Waals surface area contributed by atoms with Crippen molar-refractivity contribution in [3.63, 3.8) is 0 Å². The highest BCUT2D eigenvalue weighted by Crippen LogP contribution is 2.38. The van der Waals surface area contributed by atoms with Gasteiger partial charge in [-0.25, -0.2) is 14.8 Å². The molecule has 0 radical (unpaired) electrons. The van der Waals surface area contributed by atoms with Crippen molar-refractivity contribution < 1.29 is 14.3 Å². The average molecular weight is 355 g/mol. The molecule has 138 valence electrons. The van der Waals surface area contributed by atoms with Gasteiger partial charge in [0.2, 0.25) is 5.88 Å². The Morgan fingerprint density at radius 1 is 1.12 bits per heavy atom. The molecule has 4 rings (SSSR count). The van der Waals surface area contributed by atoms with Crippen molar-refractivity contribution in [2.24, 2.45) is 0 Å². The summed E-state index contributed by atoms with van der Waals surface area (Å²) >= 11 is 0. The molecule has 26 heavy (non-hydrogen) atoms. The van der Waals surface area contributed by atoms with Crippen molar-refractivity contribution in [1.82, 2.24) is 14.9 Å². The van der Waals surface area contributed by atoms with Gasteiger partial charge in [-0.05, 0) is 45.7 Å². The smallest absolute Gasteiger partial charge is 0.410 e. The second-order valence-corrected chi connectivity index (χ2v) is 8.18. The lowest BCUT2D eigenvalue weighted by Crippen LogP contribution is -2.50. The molecule has 2 bridgehead atoms. The number of para-hydroxylation sites is 2. The van der Waals surface area contributed by atoms with Gasteiger partial charge in [-0.2, -0.15) is 0 Å². The quantitative estimate of drug-likeness (QED) is 0.816. The van der Waals surface area contributed by atoms with Crippen LogP contribution in [-0.2, 0) is 4.74 Å². The molecule has 6 heteroatoms. The van der Waals surface area contributed by atoms with E-state index in [-0.39, 0.29) is 24.3 Å². The van der Waals surface area contributed by atoms with Gasteiger partial charge in [0.1, 0.15) is 11.7 Å². The van der Waals surface area contributed by atoms with Gasteiger partial charge in [-0.1, -0.05) is 12.1 Å². The van der Waals surface area contributed by atoms with Crippen LogP contribution in [0.1, 0.15) is 46.5 Å². The summed E-state index contributed by atoms with van der Waals surface area (Å²) in [7, 11) is 0. The Morgan fingerprint density at radius 2 is 1.77 bits per heavy atom. The molecule has 2 aliphatic heterocycles. The molecule has 3 heterocycles. The number of carbonyl (C=O) groups excluding carboxylic acids is 1. The Balaban J connectivity index is 1.44. The molecule has 0 spiro atoms. The SMILES string of the molecule is CC(C)(C)OC(=O)N1C2CCC1CC(Oc1cnc3ccccc3n1)C2. The molecule has 6 nitrogen and oxygen atoms in total. The Kier molecular flexibility index (Phi) is 4.21. The van der Waals surface area contributed by atoms with Crippen molar-refractivity contribution in [2.45, 2.75) is 70.2 Å². The summed E-state index contributed by atoms with van der Waals surface area (Å²) in [6.45, 7) is 5.71. The van der Waals surface area contributed by atoms with Gasteiger partial charge in [-0.15, -0.1) is 0 Å². The second-order valence-electron chi connectivity index (χ2n) is 8.18. The minimum Gasteiger partial charge on any atom is -0.473 e. The first-order valence-electron chi connectivity index (χ1n) is 9.29. The number of rotatable bonds is 2. The number of ether oxygens (including phenoxy) is 2. The lowest BCUT2D eigenvalue weighted by Gasteiger charge is -2.39. The number of piperidine rings is 1. The number of fused-ring (bicyclic) bond motifs is 3. The Labute approximate surface area is 153 Å². The fourth-order valence-corrected chi connectivity index (χ4v) is 4.00. The first-order chi connectivity index (χ1) is 12.4. The molecule has 2 atom stereocenters. The molecule has 1 aromatic carbocycles. The van der Waals surface area contributed by atoms with E-state index in [2.05, 4.69) is 9.97 Å². The lowest BCUT2D eigenvalue weighted by molar-refractivity contribution is -0.00759. The molecular weight excluding hydrogens is 330 g/mol. The third-order valence-electron chi connectivity index (χ3n) is 5.01. The van der Waals surface area contributed by atoms with E-state index in [9.17, 15) is 4.79 Å². The van der Waals surface area contributed by atoms with E-state index < -0.39 is 5.60 Å². The first-order valence-corrected chi connectivity index (χ1v) is 9.29. The number of aromatic nitrogens is 2. The molecule has 0 saturated carbocycles. The van der Waals surface area contributed by atoms with Gasteiger partial charge < -0.3 is 14.4 Å². The molecule has 2 saturated heterocycles. The van der Waals surface area contributed by atoms with Crippen LogP contribution in [0.3, 0.4) is 0 Å². The number of benzene rings is 1. The summed E-state index contributed by atoms with van der Waals surface area (Å²) in [4.78, 5) is 23.4. The minimum atomic E-state index is -0.468. The molecule has 1 aromatic heterocycles. The highest BCUT2D eigenvalue weighted by Gasteiger charge is 2.45. The second kappa shape index (κ2) is 6.41. The van der Waals surface area contributed by atoms with Crippen LogP contribution in [0.25, 0.3) is 11.0 Å². The predicted octanol–water partition coefficient (Wildman–Crippen LogP) is 3.94. The lowest BCUT2D eigenvalue weighted by atomic mass is 10.0. The zero-order chi connectivity index (χ0) is 18.3. The van der Waals surface area contributed by atoms with E-state index in [1.54, 1.807) is 6.20 Å². The summed E-state index contributed by atoms with van der Waals surface area (Å²) in [6, 6.07) is 8.13. The Bertz CT molecular complexity index is 803. The van der Waals surface area contributed by atoms with Crippen molar-refractivity contribution in [3.8, 4) is 5.88 Å². The molecule has 1 amide bonds. The molecule has 2 unspecified atom stereocenters. The largest absolute Gasteiger partial charge is 0.473 e. The fourth-order valence-electron chi connectivity index (χ4n) is 4.00. The van der Waals surface area contributed by atoms with Crippen LogP contribution in [0.4, 0.5) is 4.79 Å². The highest BCUT2D eigenvalue weighted by atomic mass is 16.6. The molecule has 2 fully saturated rings. The summed E-state index contributed by atoms with van der Waals surface area (Å²) in [5.74, 6) is 0.554. The van der Waals surface area contributed by atoms with Crippen LogP contribution < -0.4 is 4.74 Å². The zero-order valence-electron chi connectivity index (χ0n) is 15.5. The molecule has 2 aromatic rings. The predicted molar refractivity (Wildman–Crippen MR) is 98.1 cm³/mol. The molecule has 0 aliphatic carbocycles. The minimum absolute atomic E-state index is 0.0571. The maximum absolute atomic E-state index is 12.5. The molecular formula is C20H25N3O3. The van der Waals surface area contributed by atoms with Crippen LogP contribution in [-0.4, -0.2) is 44.7 Å². The van der Waals surface area contributed by atoms with Gasteiger partial charge in [0.05, 0.1) is 17.2 Å².